The standard InChI is InChI=1S/C28H30O4/c1-3-11-28(30)12-10-23-21-7-4-17-13-19(29)6-8-20(17)26(21)22(15-27(23,28)2)18-5-9-24-25(14-18)32-16-31-24/h5,9,13-14,21-23,30H,4,6-8,10,12,15-16H2,1-2H3/t21?,22-,23?,27?,28+/m1/s1. The molecule has 0 radical (unpaired) electrons. The molecule has 1 aromatic carbocycles. The predicted octanol–water partition coefficient (Wildman–Crippen LogP) is 5.07. The van der Waals surface area contributed by atoms with E-state index in [0.717, 1.165) is 50.0 Å². The first kappa shape index (κ1) is 20.1. The number of rotatable bonds is 1. The smallest absolute Gasteiger partial charge is 0.231 e. The van der Waals surface area contributed by atoms with Crippen LogP contribution >= 0.6 is 0 Å². The molecule has 2 fully saturated rings. The number of carbonyl (C=O) groups is 1. The van der Waals surface area contributed by atoms with Crippen LogP contribution < -0.4 is 9.47 Å². The van der Waals surface area contributed by atoms with Crippen molar-refractivity contribution in [2.24, 2.45) is 17.3 Å². The summed E-state index contributed by atoms with van der Waals surface area (Å²) >= 11 is 0. The second-order valence-electron chi connectivity index (χ2n) is 10.4. The monoisotopic (exact) mass is 430 g/mol. The van der Waals surface area contributed by atoms with Gasteiger partial charge in [0.25, 0.3) is 0 Å². The van der Waals surface area contributed by atoms with E-state index in [0.29, 0.717) is 18.3 Å². The van der Waals surface area contributed by atoms with E-state index in [1.54, 1.807) is 0 Å². The van der Waals surface area contributed by atoms with Crippen molar-refractivity contribution in [2.75, 3.05) is 6.79 Å². The van der Waals surface area contributed by atoms with E-state index in [9.17, 15) is 9.90 Å². The fourth-order valence-corrected chi connectivity index (χ4v) is 7.51. The molecule has 1 N–H and O–H groups in total. The van der Waals surface area contributed by atoms with E-state index in [2.05, 4.69) is 30.9 Å². The minimum absolute atomic E-state index is 0.186. The highest BCUT2D eigenvalue weighted by atomic mass is 16.7. The Bertz CT molecular complexity index is 1130. The fraction of sp³-hybridized carbons (Fsp3) is 0.536. The van der Waals surface area contributed by atoms with E-state index in [1.165, 1.54) is 22.3 Å². The number of fused-ring (bicyclic) bond motifs is 5. The number of ketones is 1. The van der Waals surface area contributed by atoms with E-state index in [4.69, 9.17) is 9.47 Å². The Kier molecular flexibility index (Phi) is 4.40. The van der Waals surface area contributed by atoms with Crippen LogP contribution in [0, 0.1) is 29.1 Å². The van der Waals surface area contributed by atoms with Crippen LogP contribution in [-0.4, -0.2) is 23.3 Å². The lowest BCUT2D eigenvalue weighted by Gasteiger charge is -2.53. The number of allylic oxidation sites excluding steroid dienone is 4. The molecule has 0 amide bonds. The number of hydrogen-bond acceptors (Lipinski definition) is 4. The van der Waals surface area contributed by atoms with Crippen molar-refractivity contribution in [3.63, 3.8) is 0 Å². The summed E-state index contributed by atoms with van der Waals surface area (Å²) < 4.78 is 11.3. The van der Waals surface area contributed by atoms with Gasteiger partial charge in [-0.1, -0.05) is 24.5 Å². The molecule has 0 aromatic heterocycles. The van der Waals surface area contributed by atoms with Gasteiger partial charge in [-0.15, -0.1) is 5.92 Å². The van der Waals surface area contributed by atoms with E-state index >= 15 is 0 Å². The summed E-state index contributed by atoms with van der Waals surface area (Å²) in [5.41, 5.74) is 4.20. The van der Waals surface area contributed by atoms with Crippen LogP contribution in [0.2, 0.25) is 0 Å². The van der Waals surface area contributed by atoms with Gasteiger partial charge in [-0.2, -0.15) is 0 Å². The molecule has 2 saturated carbocycles. The minimum atomic E-state index is -0.949. The van der Waals surface area contributed by atoms with Crippen molar-refractivity contribution in [3.05, 3.63) is 46.6 Å². The number of hydrogen-bond donors (Lipinski definition) is 1. The lowest BCUT2D eigenvalue weighted by molar-refractivity contribution is -0.114. The summed E-state index contributed by atoms with van der Waals surface area (Å²) in [7, 11) is 0. The lowest BCUT2D eigenvalue weighted by atomic mass is 9.51. The minimum Gasteiger partial charge on any atom is -0.454 e. The van der Waals surface area contributed by atoms with Crippen molar-refractivity contribution in [1.29, 1.82) is 0 Å². The Morgan fingerprint density at radius 3 is 2.81 bits per heavy atom. The Morgan fingerprint density at radius 2 is 1.97 bits per heavy atom. The highest BCUT2D eigenvalue weighted by molar-refractivity contribution is 5.93. The van der Waals surface area contributed by atoms with E-state index < -0.39 is 5.60 Å². The van der Waals surface area contributed by atoms with Crippen molar-refractivity contribution < 1.29 is 19.4 Å². The molecule has 4 nitrogen and oxygen atoms in total. The topological polar surface area (TPSA) is 55.8 Å². The fourth-order valence-electron chi connectivity index (χ4n) is 7.51. The van der Waals surface area contributed by atoms with E-state index in [1.807, 2.05) is 19.1 Å². The first-order valence-corrected chi connectivity index (χ1v) is 12.0. The predicted molar refractivity (Wildman–Crippen MR) is 121 cm³/mol. The van der Waals surface area contributed by atoms with Crippen LogP contribution in [0.1, 0.15) is 70.3 Å². The summed E-state index contributed by atoms with van der Waals surface area (Å²) in [5, 5.41) is 11.7. The van der Waals surface area contributed by atoms with Crippen LogP contribution in [0.15, 0.2) is 41.0 Å². The van der Waals surface area contributed by atoms with Gasteiger partial charge in [-0.3, -0.25) is 4.79 Å². The lowest BCUT2D eigenvalue weighted by Crippen LogP contribution is -2.51. The van der Waals surface area contributed by atoms with Crippen LogP contribution in [0.25, 0.3) is 0 Å². The summed E-state index contributed by atoms with van der Waals surface area (Å²) in [4.78, 5) is 12.2. The number of ether oxygens (including phenoxy) is 2. The van der Waals surface area contributed by atoms with Gasteiger partial charge in [0, 0.05) is 17.8 Å². The molecule has 5 atom stereocenters. The van der Waals surface area contributed by atoms with Gasteiger partial charge in [-0.05, 0) is 92.2 Å². The van der Waals surface area contributed by atoms with Crippen molar-refractivity contribution in [3.8, 4) is 23.3 Å². The molecule has 1 aromatic rings. The van der Waals surface area contributed by atoms with Crippen LogP contribution in [0.3, 0.4) is 0 Å². The molecule has 0 saturated heterocycles. The summed E-state index contributed by atoms with van der Waals surface area (Å²) in [6.45, 7) is 4.36. The molecular weight excluding hydrogens is 400 g/mol. The first-order valence-electron chi connectivity index (χ1n) is 12.0. The normalized spacial score (nSPS) is 37.2. The third kappa shape index (κ3) is 2.70. The summed E-state index contributed by atoms with van der Waals surface area (Å²) in [5.74, 6) is 9.14. The van der Waals surface area contributed by atoms with E-state index in [-0.39, 0.29) is 23.9 Å². The molecule has 1 aliphatic heterocycles. The third-order valence-electron chi connectivity index (χ3n) is 9.02. The quantitative estimate of drug-likeness (QED) is 0.632. The van der Waals surface area contributed by atoms with Gasteiger partial charge < -0.3 is 14.6 Å². The Labute approximate surface area is 189 Å². The first-order chi connectivity index (χ1) is 15.4. The van der Waals surface area contributed by atoms with Gasteiger partial charge in [0.05, 0.1) is 0 Å². The van der Waals surface area contributed by atoms with Gasteiger partial charge in [0.15, 0.2) is 17.3 Å². The third-order valence-corrected chi connectivity index (χ3v) is 9.02. The maximum Gasteiger partial charge on any atom is 0.231 e. The Hall–Kier alpha value is -2.51. The molecule has 4 heteroatoms. The Balaban J connectivity index is 1.54. The maximum absolute atomic E-state index is 12.2. The highest BCUT2D eigenvalue weighted by Gasteiger charge is 2.62. The highest BCUT2D eigenvalue weighted by Crippen LogP contribution is 2.66. The second-order valence-corrected chi connectivity index (χ2v) is 10.4. The SMILES string of the molecule is CC#C[C@]1(O)CCC2C3CCC4=CC(=O)CCC4=C3[C@@H](c3ccc4c(c3)OCO4)CC21C. The molecular formula is C28H30O4. The molecule has 6 rings (SSSR count). The van der Waals surface area contributed by atoms with Crippen molar-refractivity contribution >= 4 is 5.78 Å². The average molecular weight is 431 g/mol. The largest absolute Gasteiger partial charge is 0.454 e. The van der Waals surface area contributed by atoms with Crippen molar-refractivity contribution in [1.82, 2.24) is 0 Å². The number of benzene rings is 1. The summed E-state index contributed by atoms with van der Waals surface area (Å²) in [6.07, 6.45) is 7.98. The van der Waals surface area contributed by atoms with Crippen molar-refractivity contribution in [2.45, 2.75) is 70.3 Å². The molecule has 166 valence electrons. The number of carbonyl (C=O) groups excluding carboxylic acids is 1. The Morgan fingerprint density at radius 1 is 1.12 bits per heavy atom. The average Bonchev–Trinajstić information content (AvgIpc) is 3.35. The van der Waals surface area contributed by atoms with Gasteiger partial charge in [-0.25, -0.2) is 0 Å². The zero-order chi connectivity index (χ0) is 22.1. The maximum atomic E-state index is 12.2. The molecule has 4 aliphatic carbocycles. The number of aliphatic hydroxyl groups is 1. The molecule has 1 heterocycles. The second kappa shape index (κ2) is 6.99. The zero-order valence-corrected chi connectivity index (χ0v) is 18.9. The molecule has 5 aliphatic rings. The van der Waals surface area contributed by atoms with Crippen LogP contribution in [0.4, 0.5) is 0 Å². The summed E-state index contributed by atoms with van der Waals surface area (Å²) in [6, 6.07) is 6.31. The van der Waals surface area contributed by atoms with Crippen LogP contribution in [0.5, 0.6) is 11.5 Å². The molecule has 0 spiro atoms. The zero-order valence-electron chi connectivity index (χ0n) is 18.9. The van der Waals surface area contributed by atoms with Crippen LogP contribution in [-0.2, 0) is 4.79 Å². The van der Waals surface area contributed by atoms with Gasteiger partial charge in [0.2, 0.25) is 6.79 Å². The molecule has 3 unspecified atom stereocenters. The molecule has 32 heavy (non-hydrogen) atoms. The van der Waals surface area contributed by atoms with Gasteiger partial charge >= 0.3 is 0 Å². The van der Waals surface area contributed by atoms with Gasteiger partial charge in [0.1, 0.15) is 5.60 Å². The molecule has 0 bridgehead atoms.